The highest BCUT2D eigenvalue weighted by atomic mass is 16.6. The maximum absolute atomic E-state index is 11.1. The van der Waals surface area contributed by atoms with Crippen molar-refractivity contribution in [1.29, 1.82) is 0 Å². The largest absolute Gasteiger partial charge is 0.444 e. The molecule has 2 N–H and O–H groups in total. The quantitative estimate of drug-likeness (QED) is 0.690. The van der Waals surface area contributed by atoms with Crippen molar-refractivity contribution >= 4 is 12.0 Å². The molecule has 0 saturated heterocycles. The number of rotatable bonds is 4. The van der Waals surface area contributed by atoms with Crippen LogP contribution in [-0.2, 0) is 9.53 Å². The monoisotopic (exact) mass is 216 g/mol. The zero-order chi connectivity index (χ0) is 11.9. The van der Waals surface area contributed by atoms with Crippen molar-refractivity contribution < 1.29 is 14.3 Å². The average Bonchev–Trinajstić information content (AvgIpc) is 2.09. The van der Waals surface area contributed by atoms with E-state index in [2.05, 4.69) is 10.6 Å². The third kappa shape index (κ3) is 9.05. The molecule has 0 spiro atoms. The lowest BCUT2D eigenvalue weighted by Crippen LogP contribution is -2.33. The summed E-state index contributed by atoms with van der Waals surface area (Å²) in [7, 11) is 1.59. The van der Waals surface area contributed by atoms with E-state index in [1.807, 2.05) is 0 Å². The SMILES string of the molecule is CNC(=O)CCCNC(=O)OC(C)(C)C. The maximum Gasteiger partial charge on any atom is 0.407 e. The molecule has 0 rings (SSSR count). The summed E-state index contributed by atoms with van der Waals surface area (Å²) in [5, 5.41) is 5.09. The third-order valence-corrected chi connectivity index (χ3v) is 1.53. The van der Waals surface area contributed by atoms with Gasteiger partial charge in [0.25, 0.3) is 0 Å². The van der Waals surface area contributed by atoms with Gasteiger partial charge in [-0.1, -0.05) is 0 Å². The minimum absolute atomic E-state index is 0.0269. The highest BCUT2D eigenvalue weighted by molar-refractivity contribution is 5.75. The molecular formula is C10H20N2O3. The first-order chi connectivity index (χ1) is 6.85. The van der Waals surface area contributed by atoms with Gasteiger partial charge in [-0.15, -0.1) is 0 Å². The van der Waals surface area contributed by atoms with Gasteiger partial charge in [-0.3, -0.25) is 4.79 Å². The Morgan fingerprint density at radius 3 is 2.33 bits per heavy atom. The second-order valence-corrected chi connectivity index (χ2v) is 4.21. The minimum atomic E-state index is -0.481. The van der Waals surface area contributed by atoms with E-state index in [1.165, 1.54) is 0 Å². The Balaban J connectivity index is 3.52. The van der Waals surface area contributed by atoms with Crippen LogP contribution in [0.1, 0.15) is 33.6 Å². The van der Waals surface area contributed by atoms with E-state index < -0.39 is 11.7 Å². The van der Waals surface area contributed by atoms with E-state index in [0.29, 0.717) is 19.4 Å². The molecule has 0 heterocycles. The zero-order valence-corrected chi connectivity index (χ0v) is 9.85. The molecule has 0 radical (unpaired) electrons. The van der Waals surface area contributed by atoms with E-state index in [0.717, 1.165) is 0 Å². The van der Waals surface area contributed by atoms with Crippen LogP contribution in [0.4, 0.5) is 4.79 Å². The van der Waals surface area contributed by atoms with Gasteiger partial charge in [-0.2, -0.15) is 0 Å². The highest BCUT2D eigenvalue weighted by Crippen LogP contribution is 2.06. The Labute approximate surface area is 90.6 Å². The normalized spacial score (nSPS) is 10.7. The minimum Gasteiger partial charge on any atom is -0.444 e. The highest BCUT2D eigenvalue weighted by Gasteiger charge is 2.15. The molecule has 5 nitrogen and oxygen atoms in total. The summed E-state index contributed by atoms with van der Waals surface area (Å²) >= 11 is 0. The van der Waals surface area contributed by atoms with Crippen molar-refractivity contribution in [2.45, 2.75) is 39.2 Å². The molecule has 0 saturated carbocycles. The Kier molecular flexibility index (Phi) is 5.74. The van der Waals surface area contributed by atoms with E-state index in [9.17, 15) is 9.59 Å². The fourth-order valence-corrected chi connectivity index (χ4v) is 0.879. The van der Waals surface area contributed by atoms with Gasteiger partial charge in [0.2, 0.25) is 5.91 Å². The predicted octanol–water partition coefficient (Wildman–Crippen LogP) is 1.04. The molecule has 0 bridgehead atoms. The Bertz CT molecular complexity index is 221. The van der Waals surface area contributed by atoms with Crippen LogP contribution in [0.2, 0.25) is 0 Å². The van der Waals surface area contributed by atoms with Crippen molar-refractivity contribution in [1.82, 2.24) is 10.6 Å². The van der Waals surface area contributed by atoms with Gasteiger partial charge in [-0.25, -0.2) is 4.79 Å². The fraction of sp³-hybridized carbons (Fsp3) is 0.800. The summed E-state index contributed by atoms with van der Waals surface area (Å²) in [6.07, 6.45) is 0.574. The van der Waals surface area contributed by atoms with Crippen LogP contribution in [0.5, 0.6) is 0 Å². The number of hydrogen-bond donors (Lipinski definition) is 2. The molecule has 0 aliphatic carbocycles. The summed E-state index contributed by atoms with van der Waals surface area (Å²) in [6.45, 7) is 5.85. The number of carbonyl (C=O) groups is 2. The molecule has 0 aromatic carbocycles. The van der Waals surface area contributed by atoms with E-state index in [-0.39, 0.29) is 5.91 Å². The van der Waals surface area contributed by atoms with Crippen LogP contribution in [0.15, 0.2) is 0 Å². The molecule has 15 heavy (non-hydrogen) atoms. The lowest BCUT2D eigenvalue weighted by Gasteiger charge is -2.19. The molecule has 5 heteroatoms. The van der Waals surface area contributed by atoms with Gasteiger partial charge < -0.3 is 15.4 Å². The number of carbonyl (C=O) groups excluding carboxylic acids is 2. The van der Waals surface area contributed by atoms with E-state index in [4.69, 9.17) is 4.74 Å². The summed E-state index contributed by atoms with van der Waals surface area (Å²) in [5.74, 6) is -0.0269. The molecule has 0 atom stereocenters. The van der Waals surface area contributed by atoms with Crippen LogP contribution in [0, 0.1) is 0 Å². The van der Waals surface area contributed by atoms with Crippen molar-refractivity contribution in [2.24, 2.45) is 0 Å². The van der Waals surface area contributed by atoms with Crippen molar-refractivity contribution in [3.05, 3.63) is 0 Å². The van der Waals surface area contributed by atoms with Gasteiger partial charge in [0, 0.05) is 20.0 Å². The standard InChI is InChI=1S/C10H20N2O3/c1-10(2,3)15-9(14)12-7-5-6-8(13)11-4/h5-7H2,1-4H3,(H,11,13)(H,12,14). The van der Waals surface area contributed by atoms with Crippen LogP contribution in [-0.4, -0.2) is 31.2 Å². The molecule has 0 aromatic rings. The van der Waals surface area contributed by atoms with Gasteiger partial charge in [0.15, 0.2) is 0 Å². The molecule has 0 aliphatic heterocycles. The first-order valence-electron chi connectivity index (χ1n) is 5.02. The summed E-state index contributed by atoms with van der Waals surface area (Å²) < 4.78 is 5.02. The van der Waals surface area contributed by atoms with Crippen LogP contribution in [0.25, 0.3) is 0 Å². The number of hydrogen-bond acceptors (Lipinski definition) is 3. The number of alkyl carbamates (subject to hydrolysis) is 1. The zero-order valence-electron chi connectivity index (χ0n) is 9.85. The summed E-state index contributed by atoms with van der Waals surface area (Å²) in [5.41, 5.74) is -0.481. The molecule has 0 fully saturated rings. The molecule has 0 unspecified atom stereocenters. The second-order valence-electron chi connectivity index (χ2n) is 4.21. The lowest BCUT2D eigenvalue weighted by atomic mass is 10.2. The summed E-state index contributed by atoms with van der Waals surface area (Å²) in [6, 6.07) is 0. The molecule has 0 aromatic heterocycles. The maximum atomic E-state index is 11.1. The lowest BCUT2D eigenvalue weighted by molar-refractivity contribution is -0.120. The molecule has 88 valence electrons. The average molecular weight is 216 g/mol. The third-order valence-electron chi connectivity index (χ3n) is 1.53. The molecule has 2 amide bonds. The van der Waals surface area contributed by atoms with Crippen LogP contribution >= 0.6 is 0 Å². The number of amides is 2. The van der Waals surface area contributed by atoms with Crippen LogP contribution in [0.3, 0.4) is 0 Å². The van der Waals surface area contributed by atoms with Crippen molar-refractivity contribution in [3.63, 3.8) is 0 Å². The fourth-order valence-electron chi connectivity index (χ4n) is 0.879. The van der Waals surface area contributed by atoms with Crippen LogP contribution < -0.4 is 10.6 Å². The van der Waals surface area contributed by atoms with Crippen molar-refractivity contribution in [3.8, 4) is 0 Å². The first-order valence-corrected chi connectivity index (χ1v) is 5.02. The second kappa shape index (κ2) is 6.27. The Morgan fingerprint density at radius 2 is 1.87 bits per heavy atom. The number of ether oxygens (including phenoxy) is 1. The molecule has 0 aliphatic rings. The summed E-state index contributed by atoms with van der Waals surface area (Å²) in [4.78, 5) is 22.0. The van der Waals surface area contributed by atoms with Crippen molar-refractivity contribution in [2.75, 3.05) is 13.6 Å². The van der Waals surface area contributed by atoms with Gasteiger partial charge >= 0.3 is 6.09 Å². The smallest absolute Gasteiger partial charge is 0.407 e. The Hall–Kier alpha value is -1.26. The van der Waals surface area contributed by atoms with E-state index >= 15 is 0 Å². The van der Waals surface area contributed by atoms with Gasteiger partial charge in [0.05, 0.1) is 0 Å². The van der Waals surface area contributed by atoms with Gasteiger partial charge in [-0.05, 0) is 27.2 Å². The Morgan fingerprint density at radius 1 is 1.27 bits per heavy atom. The first kappa shape index (κ1) is 13.7. The van der Waals surface area contributed by atoms with E-state index in [1.54, 1.807) is 27.8 Å². The predicted molar refractivity (Wildman–Crippen MR) is 57.5 cm³/mol. The molecular weight excluding hydrogens is 196 g/mol. The number of nitrogens with one attached hydrogen (secondary N) is 2. The van der Waals surface area contributed by atoms with Gasteiger partial charge in [0.1, 0.15) is 5.60 Å². The topological polar surface area (TPSA) is 67.4 Å².